The van der Waals surface area contributed by atoms with Crippen molar-refractivity contribution in [2.45, 2.75) is 46.8 Å². The molecule has 3 aromatic rings. The van der Waals surface area contributed by atoms with Gasteiger partial charge in [-0.05, 0) is 60.9 Å². The van der Waals surface area contributed by atoms with E-state index in [9.17, 15) is 5.11 Å². The van der Waals surface area contributed by atoms with Crippen LogP contribution in [0, 0.1) is 20.8 Å². The summed E-state index contributed by atoms with van der Waals surface area (Å²) >= 11 is 0. The fourth-order valence-corrected chi connectivity index (χ4v) is 3.75. The summed E-state index contributed by atoms with van der Waals surface area (Å²) in [4.78, 5) is 0. The van der Waals surface area contributed by atoms with Crippen LogP contribution in [0.1, 0.15) is 48.2 Å². The molecule has 3 nitrogen and oxygen atoms in total. The van der Waals surface area contributed by atoms with Gasteiger partial charge in [-0.15, -0.1) is 0 Å². The van der Waals surface area contributed by atoms with E-state index in [0.717, 1.165) is 5.69 Å². The molecule has 0 radical (unpaired) electrons. The molecular weight excluding hydrogens is 334 g/mol. The molecule has 0 spiro atoms. The molecule has 0 fully saturated rings. The first kappa shape index (κ1) is 19.5. The first-order valence-electron chi connectivity index (χ1n) is 9.57. The van der Waals surface area contributed by atoms with Crippen LogP contribution >= 0.6 is 0 Å². The van der Waals surface area contributed by atoms with Crippen molar-refractivity contribution < 1.29 is 14.4 Å². The fourth-order valence-electron chi connectivity index (χ4n) is 3.75. The number of pyridine rings is 1. The van der Waals surface area contributed by atoms with Crippen LogP contribution in [0.25, 0.3) is 22.0 Å². The van der Waals surface area contributed by atoms with E-state index < -0.39 is 6.23 Å². The lowest BCUT2D eigenvalue weighted by Gasteiger charge is -2.17. The zero-order valence-corrected chi connectivity index (χ0v) is 17.2. The van der Waals surface area contributed by atoms with Gasteiger partial charge in [0.25, 0.3) is 6.23 Å². The molecule has 1 N–H and O–H groups in total. The van der Waals surface area contributed by atoms with Crippen molar-refractivity contribution >= 4 is 10.8 Å². The van der Waals surface area contributed by atoms with Crippen LogP contribution in [0.2, 0.25) is 0 Å². The van der Waals surface area contributed by atoms with Gasteiger partial charge in [0.05, 0.1) is 10.9 Å². The van der Waals surface area contributed by atoms with Gasteiger partial charge in [0, 0.05) is 13.2 Å². The molecule has 0 aliphatic rings. The summed E-state index contributed by atoms with van der Waals surface area (Å²) in [6.07, 6.45) is 1.61. The Hall–Kier alpha value is -2.23. The number of aliphatic hydroxyl groups excluding tert-OH is 1. The topological polar surface area (TPSA) is 33.3 Å². The van der Waals surface area contributed by atoms with Crippen LogP contribution in [-0.2, 0) is 4.74 Å². The Bertz CT molecular complexity index is 972. The third kappa shape index (κ3) is 3.62. The minimum atomic E-state index is -0.422. The third-order valence-electron chi connectivity index (χ3n) is 5.48. The van der Waals surface area contributed by atoms with Crippen molar-refractivity contribution in [1.29, 1.82) is 0 Å². The van der Waals surface area contributed by atoms with Crippen molar-refractivity contribution in [1.82, 2.24) is 0 Å². The molecule has 27 heavy (non-hydrogen) atoms. The first-order chi connectivity index (χ1) is 12.9. The molecule has 2 aromatic carbocycles. The van der Waals surface area contributed by atoms with E-state index in [1.54, 1.807) is 7.11 Å². The molecule has 1 aromatic heterocycles. The highest BCUT2D eigenvalue weighted by Crippen LogP contribution is 2.32. The van der Waals surface area contributed by atoms with Gasteiger partial charge in [0.15, 0.2) is 6.20 Å². The third-order valence-corrected chi connectivity index (χ3v) is 5.48. The molecule has 0 unspecified atom stereocenters. The van der Waals surface area contributed by atoms with E-state index in [2.05, 4.69) is 75.6 Å². The molecule has 3 rings (SSSR count). The number of benzene rings is 2. The van der Waals surface area contributed by atoms with Crippen LogP contribution in [-0.4, -0.2) is 18.8 Å². The van der Waals surface area contributed by atoms with Crippen LogP contribution in [0.15, 0.2) is 42.6 Å². The van der Waals surface area contributed by atoms with E-state index >= 15 is 0 Å². The van der Waals surface area contributed by atoms with Crippen molar-refractivity contribution in [3.63, 3.8) is 0 Å². The maximum absolute atomic E-state index is 9.87. The van der Waals surface area contributed by atoms with Gasteiger partial charge in [0.2, 0.25) is 5.69 Å². The Balaban J connectivity index is 2.40. The van der Waals surface area contributed by atoms with Crippen molar-refractivity contribution in [3.8, 4) is 11.3 Å². The average Bonchev–Trinajstić information content (AvgIpc) is 2.65. The smallest absolute Gasteiger partial charge is 0.286 e. The van der Waals surface area contributed by atoms with Crippen LogP contribution in [0.4, 0.5) is 0 Å². The molecule has 0 saturated heterocycles. The summed E-state index contributed by atoms with van der Waals surface area (Å²) in [5, 5.41) is 12.3. The van der Waals surface area contributed by atoms with Gasteiger partial charge < -0.3 is 9.84 Å². The number of methoxy groups -OCH3 is 1. The Labute approximate surface area is 162 Å². The van der Waals surface area contributed by atoms with Crippen molar-refractivity contribution in [2.75, 3.05) is 13.7 Å². The molecule has 1 atom stereocenters. The summed E-state index contributed by atoms with van der Waals surface area (Å²) in [6.45, 7) is 10.8. The number of hydrogen-bond donors (Lipinski definition) is 1. The van der Waals surface area contributed by atoms with E-state index in [0.29, 0.717) is 5.92 Å². The molecule has 0 aliphatic heterocycles. The first-order valence-corrected chi connectivity index (χ1v) is 9.57. The summed E-state index contributed by atoms with van der Waals surface area (Å²) in [7, 11) is 1.64. The highest BCUT2D eigenvalue weighted by Gasteiger charge is 2.27. The van der Waals surface area contributed by atoms with Gasteiger partial charge in [-0.25, -0.2) is 0 Å². The van der Waals surface area contributed by atoms with E-state index in [1.807, 2.05) is 6.20 Å². The number of ether oxygens (including phenoxy) is 1. The Morgan fingerprint density at radius 2 is 1.78 bits per heavy atom. The lowest BCUT2D eigenvalue weighted by atomic mass is 9.93. The molecule has 0 saturated carbocycles. The lowest BCUT2D eigenvalue weighted by molar-refractivity contribution is -0.752. The van der Waals surface area contributed by atoms with Crippen molar-refractivity contribution in [2.24, 2.45) is 0 Å². The highest BCUT2D eigenvalue weighted by atomic mass is 16.5. The van der Waals surface area contributed by atoms with E-state index in [-0.39, 0.29) is 6.61 Å². The average molecular weight is 365 g/mol. The molecule has 0 bridgehead atoms. The number of aromatic nitrogens is 1. The number of aryl methyl sites for hydroxylation is 2. The Kier molecular flexibility index (Phi) is 5.64. The van der Waals surface area contributed by atoms with E-state index in [1.165, 1.54) is 38.6 Å². The van der Waals surface area contributed by atoms with E-state index in [4.69, 9.17) is 4.74 Å². The molecule has 0 aliphatic carbocycles. The minimum absolute atomic E-state index is 0.0758. The summed E-state index contributed by atoms with van der Waals surface area (Å²) in [6, 6.07) is 13.2. The number of nitrogens with zero attached hydrogens (tertiary/aromatic N) is 1. The van der Waals surface area contributed by atoms with Crippen LogP contribution < -0.4 is 4.57 Å². The summed E-state index contributed by atoms with van der Waals surface area (Å²) in [5.74, 6) is 0.484. The monoisotopic (exact) mass is 364 g/mol. The SMILES string of the molecule is CO[C@H](CO)[n+]1ccc2cc(C(C)C)ccc2c1-c1cc(C)cc(C)c1C. The standard InChI is InChI=1S/C24H30NO2/c1-15(2)19-7-8-21-20(13-19)9-10-25(23(14-26)27-6)24(21)22-12-16(3)11-17(4)18(22)5/h7-13,15,23,26H,14H2,1-6H3/q+1/t23-/m1/s1. The quantitative estimate of drug-likeness (QED) is 0.648. The normalized spacial score (nSPS) is 12.7. The van der Waals surface area contributed by atoms with Gasteiger partial charge in [-0.2, -0.15) is 4.57 Å². The summed E-state index contributed by atoms with van der Waals surface area (Å²) < 4.78 is 7.63. The van der Waals surface area contributed by atoms with Crippen LogP contribution in [0.3, 0.4) is 0 Å². The number of hydrogen-bond acceptors (Lipinski definition) is 2. The predicted molar refractivity (Wildman–Crippen MR) is 111 cm³/mol. The van der Waals surface area contributed by atoms with Crippen molar-refractivity contribution in [3.05, 3.63) is 64.8 Å². The van der Waals surface area contributed by atoms with Gasteiger partial charge in [-0.1, -0.05) is 37.6 Å². The Morgan fingerprint density at radius 3 is 2.41 bits per heavy atom. The minimum Gasteiger partial charge on any atom is -0.387 e. The second-order valence-corrected chi connectivity index (χ2v) is 7.70. The Morgan fingerprint density at radius 1 is 1.04 bits per heavy atom. The van der Waals surface area contributed by atoms with Crippen LogP contribution in [0.5, 0.6) is 0 Å². The maximum atomic E-state index is 9.87. The fraction of sp³-hybridized carbons (Fsp3) is 0.375. The second-order valence-electron chi connectivity index (χ2n) is 7.70. The molecule has 1 heterocycles. The van der Waals surface area contributed by atoms with Gasteiger partial charge in [-0.3, -0.25) is 0 Å². The molecule has 0 amide bonds. The predicted octanol–water partition coefficient (Wildman–Crippen LogP) is 4.98. The zero-order valence-electron chi connectivity index (χ0n) is 17.2. The number of fused-ring (bicyclic) bond motifs is 1. The molecule has 3 heteroatoms. The zero-order chi connectivity index (χ0) is 19.7. The highest BCUT2D eigenvalue weighted by molar-refractivity contribution is 5.94. The van der Waals surface area contributed by atoms with Gasteiger partial charge in [0.1, 0.15) is 6.61 Å². The van der Waals surface area contributed by atoms with Gasteiger partial charge >= 0.3 is 0 Å². The second kappa shape index (κ2) is 7.79. The summed E-state index contributed by atoms with van der Waals surface area (Å²) in [5.41, 5.74) is 7.36. The molecule has 142 valence electrons. The maximum Gasteiger partial charge on any atom is 0.286 e. The molecular formula is C24H30NO2+. The largest absolute Gasteiger partial charge is 0.387 e. The number of aliphatic hydroxyl groups is 1. The lowest BCUT2D eigenvalue weighted by Crippen LogP contribution is -2.44. The number of rotatable bonds is 5.